The average Bonchev–Trinajstić information content (AvgIpc) is 1.83. The van der Waals surface area contributed by atoms with Crippen molar-refractivity contribution in [2.24, 2.45) is 5.92 Å². The molecule has 0 heterocycles. The summed E-state index contributed by atoms with van der Waals surface area (Å²) in [4.78, 5) is 0. The second kappa shape index (κ2) is 5.89. The molecule has 48 valence electrons. The van der Waals surface area contributed by atoms with Gasteiger partial charge < -0.3 is 0 Å². The molecule has 0 fully saturated rings. The van der Waals surface area contributed by atoms with Crippen LogP contribution in [0.25, 0.3) is 0 Å². The molecule has 0 aliphatic carbocycles. The molecule has 0 spiro atoms. The predicted molar refractivity (Wildman–Crippen MR) is 39.7 cm³/mol. The van der Waals surface area contributed by atoms with Gasteiger partial charge in [0, 0.05) is 0 Å². The van der Waals surface area contributed by atoms with Crippen LogP contribution in [0.5, 0.6) is 0 Å². The van der Waals surface area contributed by atoms with Gasteiger partial charge in [-0.15, -0.1) is 0 Å². The van der Waals surface area contributed by atoms with E-state index >= 15 is 0 Å². The van der Waals surface area contributed by atoms with Crippen LogP contribution in [0.15, 0.2) is 0 Å². The van der Waals surface area contributed by atoms with Crippen LogP contribution in [0.2, 0.25) is 4.44 Å². The first-order valence-corrected chi connectivity index (χ1v) is 5.55. The molecule has 0 amide bonds. The number of hydrogen-bond acceptors (Lipinski definition) is 1. The molecule has 0 aromatic rings. The molecule has 0 bridgehead atoms. The van der Waals surface area contributed by atoms with Crippen LogP contribution in [0.1, 0.15) is 13.8 Å². The van der Waals surface area contributed by atoms with E-state index in [-0.39, 0.29) is 0 Å². The van der Waals surface area contributed by atoms with Gasteiger partial charge in [0.05, 0.1) is 0 Å². The van der Waals surface area contributed by atoms with Crippen molar-refractivity contribution >= 4 is 22.5 Å². The Morgan fingerprint density at radius 1 is 1.62 bits per heavy atom. The number of hydrogen-bond donors (Lipinski definition) is 1. The molecule has 1 atom stereocenters. The Bertz CT molecular complexity index is 47.8. The van der Waals surface area contributed by atoms with Gasteiger partial charge in [-0.3, -0.25) is 0 Å². The van der Waals surface area contributed by atoms with Gasteiger partial charge in [0.1, 0.15) is 0 Å². The SMILES string of the molecule is CCNCC(C)[CH2][SnH]. The third kappa shape index (κ3) is 4.91. The Morgan fingerprint density at radius 2 is 2.25 bits per heavy atom. The van der Waals surface area contributed by atoms with Gasteiger partial charge in [0.25, 0.3) is 0 Å². The van der Waals surface area contributed by atoms with E-state index in [2.05, 4.69) is 19.2 Å². The molecular weight excluding hydrogens is 205 g/mol. The van der Waals surface area contributed by atoms with Gasteiger partial charge in [0.15, 0.2) is 0 Å². The van der Waals surface area contributed by atoms with E-state index in [0.29, 0.717) is 0 Å². The van der Waals surface area contributed by atoms with Crippen molar-refractivity contribution < 1.29 is 0 Å². The Balaban J connectivity index is 2.86. The molecule has 1 nitrogen and oxygen atoms in total. The van der Waals surface area contributed by atoms with E-state index in [1.54, 1.807) is 0 Å². The van der Waals surface area contributed by atoms with Crippen molar-refractivity contribution in [2.45, 2.75) is 18.3 Å². The minimum absolute atomic E-state index is 0.900. The first-order chi connectivity index (χ1) is 3.81. The maximum atomic E-state index is 3.32. The molecule has 1 N–H and O–H groups in total. The zero-order chi connectivity index (χ0) is 6.41. The summed E-state index contributed by atoms with van der Waals surface area (Å²) in [5.41, 5.74) is 0. The van der Waals surface area contributed by atoms with Crippen molar-refractivity contribution in [1.82, 2.24) is 5.32 Å². The van der Waals surface area contributed by atoms with Crippen LogP contribution in [0.3, 0.4) is 0 Å². The molecule has 0 aliphatic heterocycles. The summed E-state index contributed by atoms with van der Waals surface area (Å²) in [6, 6.07) is 0. The van der Waals surface area contributed by atoms with Crippen LogP contribution < -0.4 is 5.32 Å². The van der Waals surface area contributed by atoms with Crippen LogP contribution in [0.4, 0.5) is 0 Å². The Labute approximate surface area is 65.3 Å². The monoisotopic (exact) mass is 221 g/mol. The van der Waals surface area contributed by atoms with Gasteiger partial charge in [0.2, 0.25) is 0 Å². The van der Waals surface area contributed by atoms with Crippen molar-refractivity contribution in [3.8, 4) is 0 Å². The van der Waals surface area contributed by atoms with Gasteiger partial charge in [-0.1, -0.05) is 0 Å². The molecule has 0 aromatic heterocycles. The third-order valence-electron chi connectivity index (χ3n) is 1.15. The fraction of sp³-hybridized carbons (Fsp3) is 1.00. The number of rotatable bonds is 4. The molecule has 2 radical (unpaired) electrons. The van der Waals surface area contributed by atoms with Gasteiger partial charge in [-0.25, -0.2) is 0 Å². The Hall–Kier alpha value is 0.759. The molecule has 0 aromatic carbocycles. The Morgan fingerprint density at radius 3 is 2.62 bits per heavy atom. The van der Waals surface area contributed by atoms with E-state index < -0.39 is 0 Å². The van der Waals surface area contributed by atoms with Gasteiger partial charge in [-0.05, 0) is 0 Å². The second-order valence-electron chi connectivity index (χ2n) is 2.15. The Kier molecular flexibility index (Phi) is 6.45. The van der Waals surface area contributed by atoms with E-state index in [0.717, 1.165) is 12.5 Å². The summed E-state index contributed by atoms with van der Waals surface area (Å²) < 4.78 is 1.41. The third-order valence-corrected chi connectivity index (χ3v) is 3.44. The van der Waals surface area contributed by atoms with Crippen molar-refractivity contribution in [3.63, 3.8) is 0 Å². The van der Waals surface area contributed by atoms with Crippen LogP contribution in [-0.2, 0) is 0 Å². The standard InChI is InChI=1S/C6H14N.Sn.H/c1-4-7-5-6(2)3;;/h6-7H,2,4-5H2,1,3H3;;. The zero-order valence-corrected chi connectivity index (χ0v) is 9.07. The van der Waals surface area contributed by atoms with Gasteiger partial charge in [-0.2, -0.15) is 0 Å². The van der Waals surface area contributed by atoms with Gasteiger partial charge >= 0.3 is 65.1 Å². The summed E-state index contributed by atoms with van der Waals surface area (Å²) in [6.07, 6.45) is 0. The summed E-state index contributed by atoms with van der Waals surface area (Å²) in [6.45, 7) is 6.77. The topological polar surface area (TPSA) is 12.0 Å². The molecule has 8 heavy (non-hydrogen) atoms. The minimum atomic E-state index is 0.900. The fourth-order valence-electron chi connectivity index (χ4n) is 0.474. The normalized spacial score (nSPS) is 13.9. The summed E-state index contributed by atoms with van der Waals surface area (Å²) in [5, 5.41) is 3.32. The summed E-state index contributed by atoms with van der Waals surface area (Å²) in [7, 11) is 0. The zero-order valence-electron chi connectivity index (χ0n) is 5.78. The molecule has 0 aliphatic rings. The molecule has 2 heteroatoms. The average molecular weight is 220 g/mol. The molecule has 0 rings (SSSR count). The van der Waals surface area contributed by atoms with Crippen molar-refractivity contribution in [1.29, 1.82) is 0 Å². The van der Waals surface area contributed by atoms with E-state index in [1.807, 2.05) is 0 Å². The molecule has 0 saturated carbocycles. The van der Waals surface area contributed by atoms with Crippen molar-refractivity contribution in [3.05, 3.63) is 0 Å². The number of nitrogens with one attached hydrogen (secondary N) is 1. The predicted octanol–water partition coefficient (Wildman–Crippen LogP) is 0.551. The van der Waals surface area contributed by atoms with Crippen LogP contribution >= 0.6 is 0 Å². The molecule has 1 unspecified atom stereocenters. The van der Waals surface area contributed by atoms with E-state index in [1.165, 1.54) is 33.5 Å². The van der Waals surface area contributed by atoms with Crippen LogP contribution in [-0.4, -0.2) is 35.6 Å². The molecular formula is C6H15NSn. The quantitative estimate of drug-likeness (QED) is 0.682. The van der Waals surface area contributed by atoms with Crippen LogP contribution in [0, 0.1) is 5.92 Å². The first kappa shape index (κ1) is 8.76. The molecule has 0 saturated heterocycles. The summed E-state index contributed by atoms with van der Waals surface area (Å²) >= 11 is 1.41. The van der Waals surface area contributed by atoms with Crippen molar-refractivity contribution in [2.75, 3.05) is 13.1 Å². The van der Waals surface area contributed by atoms with E-state index in [4.69, 9.17) is 0 Å². The second-order valence-corrected chi connectivity index (χ2v) is 3.49. The summed E-state index contributed by atoms with van der Waals surface area (Å²) in [5.74, 6) is 0.900. The first-order valence-electron chi connectivity index (χ1n) is 3.22. The van der Waals surface area contributed by atoms with E-state index in [9.17, 15) is 0 Å². The fourth-order valence-corrected chi connectivity index (χ4v) is 0.950. The maximum absolute atomic E-state index is 3.32.